The van der Waals surface area contributed by atoms with E-state index in [1.54, 1.807) is 0 Å². The molecule has 0 aliphatic heterocycles. The molecule has 0 heterocycles. The molecule has 0 spiro atoms. The lowest BCUT2D eigenvalue weighted by Crippen LogP contribution is -2.60. The Morgan fingerprint density at radius 1 is 1.13 bits per heavy atom. The van der Waals surface area contributed by atoms with Crippen LogP contribution >= 0.6 is 0 Å². The maximum atomic E-state index is 3.54. The number of rotatable bonds is 7. The smallest absolute Gasteiger partial charge is 0.0353 e. The van der Waals surface area contributed by atoms with Gasteiger partial charge in [0.05, 0.1) is 0 Å². The summed E-state index contributed by atoms with van der Waals surface area (Å²) in [5.74, 6) is 0.720. The summed E-state index contributed by atoms with van der Waals surface area (Å²) in [7, 11) is 6.51. The molecule has 2 atom stereocenters. The van der Waals surface area contributed by atoms with Crippen molar-refractivity contribution in [3.05, 3.63) is 0 Å². The number of likely N-dealkylation sites (N-methyl/N-ethyl adjacent to an activating group) is 2. The van der Waals surface area contributed by atoms with Crippen molar-refractivity contribution in [3.8, 4) is 0 Å². The van der Waals surface area contributed by atoms with Gasteiger partial charge in [-0.05, 0) is 39.9 Å². The molecule has 0 aromatic carbocycles. The van der Waals surface area contributed by atoms with Gasteiger partial charge >= 0.3 is 0 Å². The van der Waals surface area contributed by atoms with Crippen LogP contribution in [0.5, 0.6) is 0 Å². The highest BCUT2D eigenvalue weighted by atomic mass is 15.2. The van der Waals surface area contributed by atoms with Crippen LogP contribution in [-0.2, 0) is 0 Å². The quantitative estimate of drug-likeness (QED) is 0.701. The second-order valence-corrected chi connectivity index (χ2v) is 4.86. The normalized spacial score (nSPS) is 16.8. The van der Waals surface area contributed by atoms with Crippen molar-refractivity contribution in [1.82, 2.24) is 10.2 Å². The van der Waals surface area contributed by atoms with E-state index in [-0.39, 0.29) is 0 Å². The van der Waals surface area contributed by atoms with Crippen molar-refractivity contribution in [3.63, 3.8) is 0 Å². The number of nitrogens with zero attached hydrogens (tertiary/aromatic N) is 1. The molecule has 0 aromatic heterocycles. The Labute approximate surface area is 96.4 Å². The van der Waals surface area contributed by atoms with Crippen molar-refractivity contribution in [2.45, 2.75) is 58.5 Å². The van der Waals surface area contributed by atoms with Crippen molar-refractivity contribution >= 4 is 0 Å². The molecule has 0 amide bonds. The summed E-state index contributed by atoms with van der Waals surface area (Å²) in [6.07, 6.45) is 3.64. The van der Waals surface area contributed by atoms with Crippen LogP contribution in [0.25, 0.3) is 0 Å². The van der Waals surface area contributed by atoms with E-state index >= 15 is 0 Å². The van der Waals surface area contributed by atoms with Crippen molar-refractivity contribution < 1.29 is 0 Å². The van der Waals surface area contributed by atoms with Gasteiger partial charge in [-0.3, -0.25) is 0 Å². The average Bonchev–Trinajstić information content (AvgIpc) is 2.24. The Morgan fingerprint density at radius 2 is 1.60 bits per heavy atom. The highest BCUT2D eigenvalue weighted by Crippen LogP contribution is 2.30. The molecular weight excluding hydrogens is 184 g/mol. The summed E-state index contributed by atoms with van der Waals surface area (Å²) in [5.41, 5.74) is 0.296. The molecular formula is C13H30N2. The molecule has 0 aliphatic rings. The number of hydrogen-bond acceptors (Lipinski definition) is 2. The first kappa shape index (κ1) is 14.9. The minimum Gasteiger partial charge on any atom is -0.315 e. The predicted molar refractivity (Wildman–Crippen MR) is 69.3 cm³/mol. The Balaban J connectivity index is 5.00. The predicted octanol–water partition coefficient (Wildman–Crippen LogP) is 2.74. The Morgan fingerprint density at radius 3 is 1.80 bits per heavy atom. The van der Waals surface area contributed by atoms with E-state index in [9.17, 15) is 0 Å². The van der Waals surface area contributed by atoms with Crippen LogP contribution in [0, 0.1) is 5.92 Å². The summed E-state index contributed by atoms with van der Waals surface area (Å²) >= 11 is 0. The topological polar surface area (TPSA) is 15.3 Å². The van der Waals surface area contributed by atoms with Gasteiger partial charge < -0.3 is 10.2 Å². The fourth-order valence-corrected chi connectivity index (χ4v) is 2.92. The molecule has 0 saturated carbocycles. The minimum atomic E-state index is 0.296. The van der Waals surface area contributed by atoms with Gasteiger partial charge in [0.25, 0.3) is 0 Å². The van der Waals surface area contributed by atoms with E-state index in [1.165, 1.54) is 19.3 Å². The molecule has 15 heavy (non-hydrogen) atoms. The van der Waals surface area contributed by atoms with Crippen molar-refractivity contribution in [2.24, 2.45) is 5.92 Å². The number of hydrogen-bond donors (Lipinski definition) is 1. The average molecular weight is 214 g/mol. The van der Waals surface area contributed by atoms with Crippen LogP contribution in [-0.4, -0.2) is 37.6 Å². The Hall–Kier alpha value is -0.0800. The molecule has 2 nitrogen and oxygen atoms in total. The van der Waals surface area contributed by atoms with Crippen molar-refractivity contribution in [2.75, 3.05) is 21.1 Å². The van der Waals surface area contributed by atoms with Gasteiger partial charge in [0.1, 0.15) is 0 Å². The zero-order valence-corrected chi connectivity index (χ0v) is 11.7. The summed E-state index contributed by atoms with van der Waals surface area (Å²) in [6, 6.07) is 0.576. The van der Waals surface area contributed by atoms with E-state index < -0.39 is 0 Å². The van der Waals surface area contributed by atoms with Crippen LogP contribution in [0.2, 0.25) is 0 Å². The van der Waals surface area contributed by atoms with Gasteiger partial charge in [0.2, 0.25) is 0 Å². The zero-order chi connectivity index (χ0) is 12.1. The third-order valence-corrected chi connectivity index (χ3v) is 4.22. The SMILES string of the molecule is CCC(C)C(NC)C(CC)(CC)N(C)C. The first-order valence-electron chi connectivity index (χ1n) is 6.34. The van der Waals surface area contributed by atoms with E-state index in [2.05, 4.69) is 59.1 Å². The lowest BCUT2D eigenvalue weighted by molar-refractivity contribution is 0.0659. The fourth-order valence-electron chi connectivity index (χ4n) is 2.92. The molecule has 0 rings (SSSR count). The molecule has 2 unspecified atom stereocenters. The fraction of sp³-hybridized carbons (Fsp3) is 1.00. The number of nitrogens with one attached hydrogen (secondary N) is 1. The first-order chi connectivity index (χ1) is 6.99. The van der Waals surface area contributed by atoms with Gasteiger partial charge in [-0.2, -0.15) is 0 Å². The summed E-state index contributed by atoms with van der Waals surface area (Å²) in [4.78, 5) is 2.40. The van der Waals surface area contributed by atoms with E-state index in [4.69, 9.17) is 0 Å². The van der Waals surface area contributed by atoms with E-state index in [1.807, 2.05) is 0 Å². The summed E-state index contributed by atoms with van der Waals surface area (Å²) in [6.45, 7) is 9.23. The second-order valence-electron chi connectivity index (χ2n) is 4.86. The van der Waals surface area contributed by atoms with Crippen LogP contribution in [0.1, 0.15) is 47.0 Å². The van der Waals surface area contributed by atoms with Gasteiger partial charge in [-0.1, -0.05) is 34.1 Å². The van der Waals surface area contributed by atoms with E-state index in [0.29, 0.717) is 11.6 Å². The Bertz CT molecular complexity index is 162. The summed E-state index contributed by atoms with van der Waals surface area (Å²) in [5, 5.41) is 3.54. The third kappa shape index (κ3) is 2.94. The molecule has 0 radical (unpaired) electrons. The molecule has 92 valence electrons. The lowest BCUT2D eigenvalue weighted by atomic mass is 9.76. The highest BCUT2D eigenvalue weighted by molar-refractivity contribution is 4.98. The van der Waals surface area contributed by atoms with Gasteiger partial charge in [-0.15, -0.1) is 0 Å². The molecule has 0 aliphatic carbocycles. The third-order valence-electron chi connectivity index (χ3n) is 4.22. The van der Waals surface area contributed by atoms with Crippen LogP contribution in [0.3, 0.4) is 0 Å². The standard InChI is InChI=1S/C13H30N2/c1-8-11(4)12(14-5)13(9-2,10-3)15(6)7/h11-12,14H,8-10H2,1-7H3. The maximum absolute atomic E-state index is 3.54. The highest BCUT2D eigenvalue weighted by Gasteiger charge is 2.39. The van der Waals surface area contributed by atoms with Crippen LogP contribution < -0.4 is 5.32 Å². The van der Waals surface area contributed by atoms with Crippen molar-refractivity contribution in [1.29, 1.82) is 0 Å². The lowest BCUT2D eigenvalue weighted by Gasteiger charge is -2.47. The second kappa shape index (κ2) is 6.49. The Kier molecular flexibility index (Phi) is 6.46. The minimum absolute atomic E-state index is 0.296. The van der Waals surface area contributed by atoms with Gasteiger partial charge in [0.15, 0.2) is 0 Å². The largest absolute Gasteiger partial charge is 0.315 e. The summed E-state index contributed by atoms with van der Waals surface area (Å²) < 4.78 is 0. The van der Waals surface area contributed by atoms with Crippen LogP contribution in [0.4, 0.5) is 0 Å². The first-order valence-corrected chi connectivity index (χ1v) is 6.34. The van der Waals surface area contributed by atoms with Crippen LogP contribution in [0.15, 0.2) is 0 Å². The molecule has 0 saturated heterocycles. The molecule has 2 heteroatoms. The molecule has 0 aromatic rings. The maximum Gasteiger partial charge on any atom is 0.0353 e. The molecule has 0 bridgehead atoms. The molecule has 1 N–H and O–H groups in total. The molecule has 0 fully saturated rings. The monoisotopic (exact) mass is 214 g/mol. The van der Waals surface area contributed by atoms with Gasteiger partial charge in [-0.25, -0.2) is 0 Å². The van der Waals surface area contributed by atoms with Gasteiger partial charge in [0, 0.05) is 11.6 Å². The van der Waals surface area contributed by atoms with E-state index in [0.717, 1.165) is 5.92 Å². The zero-order valence-electron chi connectivity index (χ0n) is 11.7.